The Morgan fingerprint density at radius 1 is 1.24 bits per heavy atom. The average molecular weight is 542 g/mol. The molecule has 3 aromatic rings. The lowest BCUT2D eigenvalue weighted by molar-refractivity contribution is 0.0962. The number of carbonyl (C=O) groups is 1. The normalized spacial score (nSPS) is 21.1. The summed E-state index contributed by atoms with van der Waals surface area (Å²) in [7, 11) is 1.44. The molecule has 0 aliphatic carbocycles. The summed E-state index contributed by atoms with van der Waals surface area (Å²) in [4.78, 5) is 12.9. The lowest BCUT2D eigenvalue weighted by Crippen LogP contribution is -2.50. The minimum absolute atomic E-state index is 0.000277. The smallest absolute Gasteiger partial charge is 0.251 e. The van der Waals surface area contributed by atoms with Gasteiger partial charge in [0.2, 0.25) is 0 Å². The molecule has 3 aromatic carbocycles. The summed E-state index contributed by atoms with van der Waals surface area (Å²) in [6, 6.07) is 14.0. The number of ether oxygens (including phenoxy) is 1. The van der Waals surface area contributed by atoms with E-state index in [2.05, 4.69) is 16.0 Å². The van der Waals surface area contributed by atoms with Crippen LogP contribution < -0.4 is 20.7 Å². The second kappa shape index (κ2) is 10.5. The molecule has 0 aromatic heterocycles. The fraction of sp³-hybridized carbons (Fsp3) is 0.345. The Kier molecular flexibility index (Phi) is 7.31. The number of aliphatic hydroxyl groups excluding tert-OH is 1. The zero-order valence-corrected chi connectivity index (χ0v) is 22.0. The lowest BCUT2D eigenvalue weighted by atomic mass is 9.78. The van der Waals surface area contributed by atoms with E-state index < -0.39 is 29.2 Å². The van der Waals surface area contributed by atoms with Crippen LogP contribution in [-0.4, -0.2) is 43.4 Å². The molecule has 1 unspecified atom stereocenters. The number of carbonyl (C=O) groups excluding carboxylic acids is 1. The number of benzene rings is 3. The van der Waals surface area contributed by atoms with Crippen molar-refractivity contribution in [2.45, 2.75) is 43.9 Å². The minimum atomic E-state index is -0.849. The molecule has 2 heterocycles. The maximum atomic E-state index is 16.2. The van der Waals surface area contributed by atoms with Gasteiger partial charge >= 0.3 is 0 Å². The summed E-state index contributed by atoms with van der Waals surface area (Å²) in [5, 5.41) is 19.1. The van der Waals surface area contributed by atoms with Gasteiger partial charge in [-0.05, 0) is 55.6 Å². The van der Waals surface area contributed by atoms with Crippen molar-refractivity contribution in [3.63, 3.8) is 0 Å². The van der Waals surface area contributed by atoms with Crippen LogP contribution in [0.1, 0.15) is 41.3 Å². The standard InChI is InChI=1S/C29H30ClF2N3O3/c1-16(36)15-38-22-11-10-18(28(37)33-2)25(27(22)32)24-19-14-29(23-9-6-12-34-23,17-7-4-3-5-8-17)35-21(19)13-20(31)26(24)30/h3-5,7-8,10-11,13,16,23,34-36H,6,9,12,14-15H2,1-2H3,(H,33,37)/t16-,23-,29?/m0/s1. The molecule has 38 heavy (non-hydrogen) atoms. The van der Waals surface area contributed by atoms with Crippen LogP contribution in [-0.2, 0) is 12.0 Å². The van der Waals surface area contributed by atoms with Crippen LogP contribution in [0.5, 0.6) is 5.75 Å². The quantitative estimate of drug-likeness (QED) is 0.338. The predicted octanol–water partition coefficient (Wildman–Crippen LogP) is 5.02. The molecule has 200 valence electrons. The summed E-state index contributed by atoms with van der Waals surface area (Å²) in [5.74, 6) is -2.29. The van der Waals surface area contributed by atoms with Crippen molar-refractivity contribution in [3.8, 4) is 16.9 Å². The van der Waals surface area contributed by atoms with E-state index in [1.165, 1.54) is 32.2 Å². The van der Waals surface area contributed by atoms with Crippen LogP contribution in [0.15, 0.2) is 48.5 Å². The van der Waals surface area contributed by atoms with Crippen molar-refractivity contribution in [1.82, 2.24) is 10.6 Å². The third-order valence-corrected chi connectivity index (χ3v) is 7.76. The van der Waals surface area contributed by atoms with E-state index in [0.29, 0.717) is 17.7 Å². The van der Waals surface area contributed by atoms with Crippen molar-refractivity contribution in [3.05, 3.63) is 81.9 Å². The number of fused-ring (bicyclic) bond motifs is 1. The second-order valence-corrected chi connectivity index (χ2v) is 10.3. The molecule has 2 aliphatic heterocycles. The Morgan fingerprint density at radius 3 is 2.66 bits per heavy atom. The fourth-order valence-corrected chi connectivity index (χ4v) is 5.92. The lowest BCUT2D eigenvalue weighted by Gasteiger charge is -2.37. The Morgan fingerprint density at radius 2 is 2.00 bits per heavy atom. The first-order valence-corrected chi connectivity index (χ1v) is 13.1. The molecule has 3 atom stereocenters. The highest BCUT2D eigenvalue weighted by atomic mass is 35.5. The summed E-state index contributed by atoms with van der Waals surface area (Å²) in [5.41, 5.74) is 1.47. The van der Waals surface area contributed by atoms with Crippen molar-refractivity contribution >= 4 is 23.2 Å². The largest absolute Gasteiger partial charge is 0.488 e. The van der Waals surface area contributed by atoms with Gasteiger partial charge in [-0.3, -0.25) is 4.79 Å². The van der Waals surface area contributed by atoms with E-state index in [1.54, 1.807) is 0 Å². The van der Waals surface area contributed by atoms with Crippen molar-refractivity contribution in [2.24, 2.45) is 0 Å². The van der Waals surface area contributed by atoms with E-state index in [9.17, 15) is 9.90 Å². The summed E-state index contributed by atoms with van der Waals surface area (Å²) >= 11 is 6.58. The SMILES string of the molecule is CNC(=O)c1ccc(OC[C@H](C)O)c(F)c1-c1c(Cl)c(F)cc2c1CC(c1ccccc1)([C@@H]1CCCN1)N2. The minimum Gasteiger partial charge on any atom is -0.488 e. The van der Waals surface area contributed by atoms with Crippen LogP contribution in [0.25, 0.3) is 11.1 Å². The molecule has 0 radical (unpaired) electrons. The maximum Gasteiger partial charge on any atom is 0.251 e. The van der Waals surface area contributed by atoms with Gasteiger partial charge in [0.25, 0.3) is 5.91 Å². The maximum absolute atomic E-state index is 16.2. The topological polar surface area (TPSA) is 82.6 Å². The van der Waals surface area contributed by atoms with Gasteiger partial charge in [-0.25, -0.2) is 8.78 Å². The zero-order valence-electron chi connectivity index (χ0n) is 21.2. The first-order chi connectivity index (χ1) is 18.3. The van der Waals surface area contributed by atoms with E-state index in [-0.39, 0.29) is 40.1 Å². The van der Waals surface area contributed by atoms with Gasteiger partial charge in [-0.1, -0.05) is 41.9 Å². The molecule has 0 bridgehead atoms. The molecule has 5 rings (SSSR count). The Bertz CT molecular complexity index is 1360. The number of anilines is 1. The summed E-state index contributed by atoms with van der Waals surface area (Å²) in [6.07, 6.45) is 1.46. The number of amides is 1. The molecule has 1 saturated heterocycles. The van der Waals surface area contributed by atoms with Crippen molar-refractivity contribution < 1.29 is 23.4 Å². The predicted molar refractivity (Wildman–Crippen MR) is 144 cm³/mol. The van der Waals surface area contributed by atoms with Gasteiger partial charge in [0.15, 0.2) is 11.6 Å². The molecule has 0 saturated carbocycles. The molecule has 4 N–H and O–H groups in total. The number of hydrogen-bond acceptors (Lipinski definition) is 5. The third kappa shape index (κ3) is 4.51. The van der Waals surface area contributed by atoms with Crippen LogP contribution in [0, 0.1) is 11.6 Å². The first kappa shape index (κ1) is 26.4. The number of hydrogen-bond donors (Lipinski definition) is 4. The van der Waals surface area contributed by atoms with Crippen LogP contribution >= 0.6 is 11.6 Å². The van der Waals surface area contributed by atoms with Crippen LogP contribution in [0.4, 0.5) is 14.5 Å². The van der Waals surface area contributed by atoms with Gasteiger partial charge in [-0.2, -0.15) is 0 Å². The summed E-state index contributed by atoms with van der Waals surface area (Å²) < 4.78 is 37.0. The van der Waals surface area contributed by atoms with E-state index in [1.807, 2.05) is 30.3 Å². The van der Waals surface area contributed by atoms with Crippen LogP contribution in [0.3, 0.4) is 0 Å². The fourth-order valence-electron chi connectivity index (χ4n) is 5.66. The van der Waals surface area contributed by atoms with Crippen LogP contribution in [0.2, 0.25) is 5.02 Å². The zero-order chi connectivity index (χ0) is 27.0. The molecule has 2 aliphatic rings. The molecule has 1 amide bonds. The van der Waals surface area contributed by atoms with E-state index >= 15 is 8.78 Å². The second-order valence-electron chi connectivity index (χ2n) is 9.90. The van der Waals surface area contributed by atoms with Gasteiger partial charge in [0, 0.05) is 36.3 Å². The van der Waals surface area contributed by atoms with Gasteiger partial charge in [-0.15, -0.1) is 0 Å². The molecular weight excluding hydrogens is 512 g/mol. The van der Waals surface area contributed by atoms with E-state index in [0.717, 1.165) is 24.9 Å². The molecule has 0 spiro atoms. The van der Waals surface area contributed by atoms with E-state index in [4.69, 9.17) is 16.3 Å². The molecule has 1 fully saturated rings. The number of nitrogens with one attached hydrogen (secondary N) is 3. The first-order valence-electron chi connectivity index (χ1n) is 12.7. The number of aliphatic hydroxyl groups is 1. The Balaban J connectivity index is 1.73. The highest BCUT2D eigenvalue weighted by Gasteiger charge is 2.47. The third-order valence-electron chi connectivity index (χ3n) is 7.39. The van der Waals surface area contributed by atoms with Gasteiger partial charge < -0.3 is 25.8 Å². The van der Waals surface area contributed by atoms with Crippen molar-refractivity contribution in [1.29, 1.82) is 0 Å². The molecule has 9 heteroatoms. The number of rotatable bonds is 7. The van der Waals surface area contributed by atoms with Gasteiger partial charge in [0.1, 0.15) is 12.4 Å². The monoisotopic (exact) mass is 541 g/mol. The van der Waals surface area contributed by atoms with Gasteiger partial charge in [0.05, 0.1) is 22.2 Å². The highest BCUT2D eigenvalue weighted by molar-refractivity contribution is 6.34. The summed E-state index contributed by atoms with van der Waals surface area (Å²) in [6.45, 7) is 2.22. The highest BCUT2D eigenvalue weighted by Crippen LogP contribution is 2.51. The number of halogens is 3. The van der Waals surface area contributed by atoms with Crippen molar-refractivity contribution in [2.75, 3.05) is 25.5 Å². The molecule has 6 nitrogen and oxygen atoms in total. The average Bonchev–Trinajstić information content (AvgIpc) is 3.58. The Labute approximate surface area is 225 Å². The molecular formula is C29H30ClF2N3O3. The Hall–Kier alpha value is -3.20.